The molecule has 0 spiro atoms. The number of carbonyl (C=O) groups excluding carboxylic acids is 1. The van der Waals surface area contributed by atoms with Crippen molar-refractivity contribution in [3.63, 3.8) is 0 Å². The average Bonchev–Trinajstić information content (AvgIpc) is 2.80. The molecule has 1 fully saturated rings. The molecule has 0 bridgehead atoms. The van der Waals surface area contributed by atoms with Gasteiger partial charge in [-0.1, -0.05) is 39.5 Å². The van der Waals surface area contributed by atoms with Crippen LogP contribution in [-0.2, 0) is 4.79 Å². The van der Waals surface area contributed by atoms with Gasteiger partial charge in [0, 0.05) is 19.0 Å². The van der Waals surface area contributed by atoms with Crippen LogP contribution in [0.3, 0.4) is 0 Å². The monoisotopic (exact) mass is 254 g/mol. The molecule has 1 saturated heterocycles. The SMILES string of the molecule is CC(C)CCCCCCNC(=O)CC1CCCN1. The average molecular weight is 254 g/mol. The summed E-state index contributed by atoms with van der Waals surface area (Å²) in [7, 11) is 0. The van der Waals surface area contributed by atoms with Crippen molar-refractivity contribution in [2.24, 2.45) is 5.92 Å². The van der Waals surface area contributed by atoms with Crippen LogP contribution in [0.15, 0.2) is 0 Å². The van der Waals surface area contributed by atoms with Crippen LogP contribution in [0.25, 0.3) is 0 Å². The van der Waals surface area contributed by atoms with Gasteiger partial charge in [0.15, 0.2) is 0 Å². The molecule has 106 valence electrons. The molecule has 1 unspecified atom stereocenters. The van der Waals surface area contributed by atoms with Crippen molar-refractivity contribution >= 4 is 5.91 Å². The molecule has 1 atom stereocenters. The quantitative estimate of drug-likeness (QED) is 0.621. The minimum Gasteiger partial charge on any atom is -0.356 e. The molecule has 1 rings (SSSR count). The van der Waals surface area contributed by atoms with Crippen LogP contribution < -0.4 is 10.6 Å². The fourth-order valence-electron chi connectivity index (χ4n) is 2.49. The minimum atomic E-state index is 0.219. The van der Waals surface area contributed by atoms with Gasteiger partial charge >= 0.3 is 0 Å². The highest BCUT2D eigenvalue weighted by Crippen LogP contribution is 2.10. The number of nitrogens with one attached hydrogen (secondary N) is 2. The summed E-state index contributed by atoms with van der Waals surface area (Å²) in [6, 6.07) is 0.427. The fourth-order valence-corrected chi connectivity index (χ4v) is 2.49. The van der Waals surface area contributed by atoms with E-state index in [0.29, 0.717) is 12.5 Å². The second-order valence-electron chi connectivity index (χ2n) is 5.94. The van der Waals surface area contributed by atoms with Crippen molar-refractivity contribution in [2.75, 3.05) is 13.1 Å². The highest BCUT2D eigenvalue weighted by molar-refractivity contribution is 5.76. The third-order valence-corrected chi connectivity index (χ3v) is 3.62. The van der Waals surface area contributed by atoms with Crippen LogP contribution in [0.2, 0.25) is 0 Å². The molecule has 0 aliphatic carbocycles. The Morgan fingerprint density at radius 3 is 2.72 bits per heavy atom. The normalized spacial score (nSPS) is 19.4. The number of amides is 1. The van der Waals surface area contributed by atoms with Crippen molar-refractivity contribution in [3.05, 3.63) is 0 Å². The van der Waals surface area contributed by atoms with E-state index in [1.165, 1.54) is 32.1 Å². The van der Waals surface area contributed by atoms with Crippen LogP contribution in [0.4, 0.5) is 0 Å². The second kappa shape index (κ2) is 9.37. The maximum Gasteiger partial charge on any atom is 0.221 e. The summed E-state index contributed by atoms with van der Waals surface area (Å²) >= 11 is 0. The van der Waals surface area contributed by atoms with Crippen LogP contribution in [0, 0.1) is 5.92 Å². The fraction of sp³-hybridized carbons (Fsp3) is 0.933. The Hall–Kier alpha value is -0.570. The Morgan fingerprint density at radius 2 is 2.06 bits per heavy atom. The Labute approximate surface area is 112 Å². The predicted octanol–water partition coefficient (Wildman–Crippen LogP) is 2.85. The van der Waals surface area contributed by atoms with Gasteiger partial charge in [-0.15, -0.1) is 0 Å². The van der Waals surface area contributed by atoms with E-state index in [4.69, 9.17) is 0 Å². The van der Waals surface area contributed by atoms with Crippen molar-refractivity contribution in [1.82, 2.24) is 10.6 Å². The second-order valence-corrected chi connectivity index (χ2v) is 5.94. The summed E-state index contributed by atoms with van der Waals surface area (Å²) in [6.45, 7) is 6.48. The zero-order valence-electron chi connectivity index (χ0n) is 12.1. The first-order valence-corrected chi connectivity index (χ1v) is 7.68. The Kier molecular flexibility index (Phi) is 8.06. The third-order valence-electron chi connectivity index (χ3n) is 3.62. The van der Waals surface area contributed by atoms with Gasteiger partial charge in [0.1, 0.15) is 0 Å². The van der Waals surface area contributed by atoms with Crippen LogP contribution >= 0.6 is 0 Å². The molecule has 3 nitrogen and oxygen atoms in total. The topological polar surface area (TPSA) is 41.1 Å². The van der Waals surface area contributed by atoms with E-state index in [9.17, 15) is 4.79 Å². The maximum absolute atomic E-state index is 11.6. The molecule has 1 amide bonds. The van der Waals surface area contributed by atoms with Crippen LogP contribution in [0.1, 0.15) is 65.2 Å². The first-order chi connectivity index (χ1) is 8.68. The zero-order valence-corrected chi connectivity index (χ0v) is 12.1. The van der Waals surface area contributed by atoms with Gasteiger partial charge < -0.3 is 10.6 Å². The smallest absolute Gasteiger partial charge is 0.221 e. The van der Waals surface area contributed by atoms with Gasteiger partial charge in [-0.05, 0) is 31.7 Å². The standard InChI is InChI=1S/C15H30N2O/c1-13(2)8-5-3-4-6-10-17-15(18)12-14-9-7-11-16-14/h13-14,16H,3-12H2,1-2H3,(H,17,18). The van der Waals surface area contributed by atoms with E-state index in [-0.39, 0.29) is 5.91 Å². The van der Waals surface area contributed by atoms with Crippen molar-refractivity contribution < 1.29 is 4.79 Å². The lowest BCUT2D eigenvalue weighted by Crippen LogP contribution is -2.32. The van der Waals surface area contributed by atoms with E-state index in [1.807, 2.05) is 0 Å². The number of hydrogen-bond donors (Lipinski definition) is 2. The van der Waals surface area contributed by atoms with Gasteiger partial charge in [-0.25, -0.2) is 0 Å². The predicted molar refractivity (Wildman–Crippen MR) is 76.6 cm³/mol. The van der Waals surface area contributed by atoms with Crippen LogP contribution in [-0.4, -0.2) is 25.0 Å². The molecule has 1 heterocycles. The Morgan fingerprint density at radius 1 is 1.28 bits per heavy atom. The molecule has 0 aromatic carbocycles. The molecule has 2 N–H and O–H groups in total. The van der Waals surface area contributed by atoms with Gasteiger partial charge in [0.25, 0.3) is 0 Å². The molecule has 1 aliphatic heterocycles. The van der Waals surface area contributed by atoms with E-state index in [0.717, 1.165) is 31.8 Å². The zero-order chi connectivity index (χ0) is 13.2. The largest absolute Gasteiger partial charge is 0.356 e. The third kappa shape index (κ3) is 7.70. The summed E-state index contributed by atoms with van der Waals surface area (Å²) in [5.74, 6) is 1.04. The van der Waals surface area contributed by atoms with E-state index in [2.05, 4.69) is 24.5 Å². The van der Waals surface area contributed by atoms with Gasteiger partial charge in [-0.2, -0.15) is 0 Å². The van der Waals surface area contributed by atoms with E-state index >= 15 is 0 Å². The first kappa shape index (κ1) is 15.5. The summed E-state index contributed by atoms with van der Waals surface area (Å²) < 4.78 is 0. The van der Waals surface area contributed by atoms with Crippen molar-refractivity contribution in [3.8, 4) is 0 Å². The number of unbranched alkanes of at least 4 members (excludes halogenated alkanes) is 3. The lowest BCUT2D eigenvalue weighted by molar-refractivity contribution is -0.121. The molecule has 0 aromatic heterocycles. The summed E-state index contributed by atoms with van der Waals surface area (Å²) in [5, 5.41) is 6.39. The molecular weight excluding hydrogens is 224 g/mol. The first-order valence-electron chi connectivity index (χ1n) is 7.68. The molecule has 18 heavy (non-hydrogen) atoms. The Bertz CT molecular complexity index is 223. The number of hydrogen-bond acceptors (Lipinski definition) is 2. The van der Waals surface area contributed by atoms with Gasteiger partial charge in [-0.3, -0.25) is 4.79 Å². The minimum absolute atomic E-state index is 0.219. The summed E-state index contributed by atoms with van der Waals surface area (Å²) in [6.07, 6.45) is 9.37. The lowest BCUT2D eigenvalue weighted by Gasteiger charge is -2.10. The number of carbonyl (C=O) groups is 1. The lowest BCUT2D eigenvalue weighted by atomic mass is 10.0. The van der Waals surface area contributed by atoms with E-state index in [1.54, 1.807) is 0 Å². The highest BCUT2D eigenvalue weighted by atomic mass is 16.1. The summed E-state index contributed by atoms with van der Waals surface area (Å²) in [5.41, 5.74) is 0. The highest BCUT2D eigenvalue weighted by Gasteiger charge is 2.16. The van der Waals surface area contributed by atoms with E-state index < -0.39 is 0 Å². The number of rotatable bonds is 9. The van der Waals surface area contributed by atoms with Gasteiger partial charge in [0.05, 0.1) is 0 Å². The molecule has 0 radical (unpaired) electrons. The Balaban J connectivity index is 1.86. The summed E-state index contributed by atoms with van der Waals surface area (Å²) in [4.78, 5) is 11.6. The van der Waals surface area contributed by atoms with Crippen molar-refractivity contribution in [1.29, 1.82) is 0 Å². The molecular formula is C15H30N2O. The van der Waals surface area contributed by atoms with Gasteiger partial charge in [0.2, 0.25) is 5.91 Å². The molecule has 0 saturated carbocycles. The van der Waals surface area contributed by atoms with Crippen molar-refractivity contribution in [2.45, 2.75) is 71.3 Å². The molecule has 1 aliphatic rings. The maximum atomic E-state index is 11.6. The van der Waals surface area contributed by atoms with Crippen LogP contribution in [0.5, 0.6) is 0 Å². The molecule has 0 aromatic rings. The molecule has 3 heteroatoms.